The van der Waals surface area contributed by atoms with Gasteiger partial charge in [-0.3, -0.25) is 4.68 Å². The highest BCUT2D eigenvalue weighted by Crippen LogP contribution is 2.31. The van der Waals surface area contributed by atoms with Crippen molar-refractivity contribution < 1.29 is 5.11 Å². The Hall–Kier alpha value is -1.65. The first-order chi connectivity index (χ1) is 10.2. The molecule has 0 aliphatic rings. The van der Waals surface area contributed by atoms with E-state index in [0.29, 0.717) is 12.5 Å². The van der Waals surface area contributed by atoms with Gasteiger partial charge in [-0.25, -0.2) is 0 Å². The van der Waals surface area contributed by atoms with Crippen molar-refractivity contribution >= 4 is 21.4 Å². The summed E-state index contributed by atoms with van der Waals surface area (Å²) in [5.74, 6) is 0. The van der Waals surface area contributed by atoms with Gasteiger partial charge < -0.3 is 5.11 Å². The molecular weight excluding hydrogens is 280 g/mol. The van der Waals surface area contributed by atoms with Crippen LogP contribution in [0.5, 0.6) is 0 Å². The molecule has 0 bridgehead atoms. The highest BCUT2D eigenvalue weighted by atomic mass is 32.1. The molecule has 3 rings (SSSR count). The van der Waals surface area contributed by atoms with Crippen molar-refractivity contribution in [2.75, 3.05) is 0 Å². The smallest absolute Gasteiger partial charge is 0.0938 e. The molecule has 0 amide bonds. The molecule has 110 valence electrons. The van der Waals surface area contributed by atoms with Crippen LogP contribution in [-0.4, -0.2) is 14.9 Å². The molecule has 21 heavy (non-hydrogen) atoms. The first-order valence-electron chi connectivity index (χ1n) is 7.38. The lowest BCUT2D eigenvalue weighted by Gasteiger charge is -2.09. The van der Waals surface area contributed by atoms with Crippen LogP contribution < -0.4 is 0 Å². The lowest BCUT2D eigenvalue weighted by molar-refractivity contribution is 0.180. The summed E-state index contributed by atoms with van der Waals surface area (Å²) in [6.45, 7) is 4.30. The number of rotatable bonds is 5. The van der Waals surface area contributed by atoms with Gasteiger partial charge >= 0.3 is 0 Å². The Morgan fingerprint density at radius 2 is 2.10 bits per heavy atom. The predicted molar refractivity (Wildman–Crippen MR) is 87.7 cm³/mol. The van der Waals surface area contributed by atoms with Crippen molar-refractivity contribution in [3.05, 3.63) is 53.2 Å². The number of hydrogen-bond donors (Lipinski definition) is 1. The van der Waals surface area contributed by atoms with Gasteiger partial charge in [0.1, 0.15) is 0 Å². The Bertz CT molecular complexity index is 698. The molecule has 0 aliphatic carbocycles. The highest BCUT2D eigenvalue weighted by molar-refractivity contribution is 7.19. The van der Waals surface area contributed by atoms with Crippen molar-refractivity contribution in [2.45, 2.75) is 38.8 Å². The largest absolute Gasteiger partial charge is 0.387 e. The van der Waals surface area contributed by atoms with E-state index in [0.717, 1.165) is 17.0 Å². The summed E-state index contributed by atoms with van der Waals surface area (Å²) >= 11 is 1.66. The fourth-order valence-corrected chi connectivity index (χ4v) is 3.43. The van der Waals surface area contributed by atoms with Crippen LogP contribution >= 0.6 is 11.3 Å². The summed E-state index contributed by atoms with van der Waals surface area (Å²) in [6.07, 6.45) is 3.14. The molecule has 2 heterocycles. The third kappa shape index (κ3) is 3.01. The quantitative estimate of drug-likeness (QED) is 0.761. The van der Waals surface area contributed by atoms with Crippen LogP contribution in [0.4, 0.5) is 0 Å². The first-order valence-corrected chi connectivity index (χ1v) is 8.19. The molecule has 1 aromatic carbocycles. The lowest BCUT2D eigenvalue weighted by atomic mass is 10.1. The standard InChI is InChI=1S/C17H20N2OS/c1-3-12(2)19-9-8-14(18-19)11-15(20)17-10-13-6-4-5-7-16(13)21-17/h4-10,12,15,20H,3,11H2,1-2H3. The van der Waals surface area contributed by atoms with Gasteiger partial charge in [0.25, 0.3) is 0 Å². The van der Waals surface area contributed by atoms with Gasteiger partial charge in [-0.2, -0.15) is 5.10 Å². The molecule has 0 spiro atoms. The molecule has 0 radical (unpaired) electrons. The zero-order valence-electron chi connectivity index (χ0n) is 12.4. The fourth-order valence-electron chi connectivity index (χ4n) is 2.38. The minimum absolute atomic E-state index is 0.403. The summed E-state index contributed by atoms with van der Waals surface area (Å²) in [4.78, 5) is 1.01. The van der Waals surface area contributed by atoms with E-state index in [1.807, 2.05) is 29.1 Å². The number of aromatic nitrogens is 2. The van der Waals surface area contributed by atoms with E-state index in [2.05, 4.69) is 37.1 Å². The molecule has 0 saturated carbocycles. The maximum absolute atomic E-state index is 10.4. The average molecular weight is 300 g/mol. The highest BCUT2D eigenvalue weighted by Gasteiger charge is 2.14. The monoisotopic (exact) mass is 300 g/mol. The Morgan fingerprint density at radius 3 is 2.86 bits per heavy atom. The number of aliphatic hydroxyl groups excluding tert-OH is 1. The molecule has 2 unspecified atom stereocenters. The SMILES string of the molecule is CCC(C)n1ccc(CC(O)c2cc3ccccc3s2)n1. The third-order valence-corrected chi connectivity index (χ3v) is 5.10. The summed E-state index contributed by atoms with van der Waals surface area (Å²) < 4.78 is 3.20. The first kappa shape index (κ1) is 14.3. The topological polar surface area (TPSA) is 38.0 Å². The second kappa shape index (κ2) is 6.00. The Morgan fingerprint density at radius 1 is 1.29 bits per heavy atom. The minimum atomic E-state index is -0.484. The number of hydrogen-bond acceptors (Lipinski definition) is 3. The van der Waals surface area contributed by atoms with Crippen molar-refractivity contribution in [2.24, 2.45) is 0 Å². The van der Waals surface area contributed by atoms with Gasteiger partial charge in [0.2, 0.25) is 0 Å². The van der Waals surface area contributed by atoms with Gasteiger partial charge in [-0.05, 0) is 36.9 Å². The van der Waals surface area contributed by atoms with Gasteiger partial charge in [-0.1, -0.05) is 25.1 Å². The molecule has 4 heteroatoms. The Balaban J connectivity index is 1.76. The second-order valence-electron chi connectivity index (χ2n) is 5.45. The molecule has 2 aromatic heterocycles. The summed E-state index contributed by atoms with van der Waals surface area (Å²) in [6, 6.07) is 12.7. The van der Waals surface area contributed by atoms with Gasteiger partial charge in [0.15, 0.2) is 0 Å². The van der Waals surface area contributed by atoms with E-state index >= 15 is 0 Å². The maximum Gasteiger partial charge on any atom is 0.0938 e. The van der Waals surface area contributed by atoms with E-state index in [1.165, 1.54) is 10.1 Å². The predicted octanol–water partition coefficient (Wildman–Crippen LogP) is 4.34. The van der Waals surface area contributed by atoms with Crippen molar-refractivity contribution in [3.8, 4) is 0 Å². The molecule has 0 aliphatic heterocycles. The molecule has 2 atom stereocenters. The zero-order valence-corrected chi connectivity index (χ0v) is 13.2. The van der Waals surface area contributed by atoms with E-state index in [1.54, 1.807) is 11.3 Å². The second-order valence-corrected chi connectivity index (χ2v) is 6.57. The number of thiophene rings is 1. The minimum Gasteiger partial charge on any atom is -0.387 e. The number of benzene rings is 1. The van der Waals surface area contributed by atoms with Gasteiger partial charge in [0.05, 0.1) is 11.8 Å². The number of aliphatic hydroxyl groups is 1. The molecule has 1 N–H and O–H groups in total. The van der Waals surface area contributed by atoms with Crippen LogP contribution in [0.3, 0.4) is 0 Å². The van der Waals surface area contributed by atoms with Crippen molar-refractivity contribution in [3.63, 3.8) is 0 Å². The van der Waals surface area contributed by atoms with Crippen LogP contribution in [0.2, 0.25) is 0 Å². The molecular formula is C17H20N2OS. The fraction of sp³-hybridized carbons (Fsp3) is 0.353. The van der Waals surface area contributed by atoms with E-state index in [4.69, 9.17) is 0 Å². The van der Waals surface area contributed by atoms with E-state index in [-0.39, 0.29) is 0 Å². The van der Waals surface area contributed by atoms with Crippen molar-refractivity contribution in [1.29, 1.82) is 0 Å². The number of fused-ring (bicyclic) bond motifs is 1. The van der Waals surface area contributed by atoms with Crippen LogP contribution in [-0.2, 0) is 6.42 Å². The van der Waals surface area contributed by atoms with Crippen LogP contribution in [0, 0.1) is 0 Å². The molecule has 3 nitrogen and oxygen atoms in total. The summed E-state index contributed by atoms with van der Waals surface area (Å²) in [5.41, 5.74) is 0.945. The Labute approximate surface area is 128 Å². The average Bonchev–Trinajstić information content (AvgIpc) is 3.12. The third-order valence-electron chi connectivity index (χ3n) is 3.88. The summed E-state index contributed by atoms with van der Waals surface area (Å²) in [5, 5.41) is 16.2. The zero-order chi connectivity index (χ0) is 14.8. The van der Waals surface area contributed by atoms with Gasteiger partial charge in [-0.15, -0.1) is 11.3 Å². The van der Waals surface area contributed by atoms with Crippen LogP contribution in [0.25, 0.3) is 10.1 Å². The van der Waals surface area contributed by atoms with Crippen molar-refractivity contribution in [1.82, 2.24) is 9.78 Å². The van der Waals surface area contributed by atoms with Crippen LogP contribution in [0.1, 0.15) is 43.0 Å². The van der Waals surface area contributed by atoms with E-state index < -0.39 is 6.10 Å². The van der Waals surface area contributed by atoms with Gasteiger partial charge in [0, 0.05) is 28.2 Å². The lowest BCUT2D eigenvalue weighted by Crippen LogP contribution is -2.06. The Kier molecular flexibility index (Phi) is 4.08. The van der Waals surface area contributed by atoms with E-state index in [9.17, 15) is 5.11 Å². The summed E-state index contributed by atoms with van der Waals surface area (Å²) in [7, 11) is 0. The molecule has 0 fully saturated rings. The normalized spacial score (nSPS) is 14.4. The number of nitrogens with zero attached hydrogens (tertiary/aromatic N) is 2. The maximum atomic E-state index is 10.4. The molecule has 3 aromatic rings. The van der Waals surface area contributed by atoms with Crippen LogP contribution in [0.15, 0.2) is 42.6 Å². The molecule has 0 saturated heterocycles.